The Bertz CT molecular complexity index is 436. The van der Waals surface area contributed by atoms with Crippen LogP contribution < -0.4 is 10.1 Å². The molecular formula is C17H27ClN2O2. The van der Waals surface area contributed by atoms with Crippen LogP contribution in [0.15, 0.2) is 30.3 Å². The Kier molecular flexibility index (Phi) is 8.28. The van der Waals surface area contributed by atoms with Gasteiger partial charge >= 0.3 is 0 Å². The molecule has 0 bridgehead atoms. The lowest BCUT2D eigenvalue weighted by atomic mass is 10.0. The van der Waals surface area contributed by atoms with E-state index in [0.717, 1.165) is 38.1 Å². The molecule has 1 aromatic carbocycles. The van der Waals surface area contributed by atoms with Crippen LogP contribution in [0.4, 0.5) is 0 Å². The third-order valence-electron chi connectivity index (χ3n) is 4.19. The molecule has 2 rings (SSSR count). The lowest BCUT2D eigenvalue weighted by molar-refractivity contribution is -0.136. The molecule has 1 atom stereocenters. The Labute approximate surface area is 139 Å². The van der Waals surface area contributed by atoms with Crippen molar-refractivity contribution in [1.82, 2.24) is 10.2 Å². The van der Waals surface area contributed by atoms with Crippen molar-refractivity contribution in [2.24, 2.45) is 5.92 Å². The van der Waals surface area contributed by atoms with E-state index in [1.54, 1.807) is 0 Å². The number of halogens is 1. The van der Waals surface area contributed by atoms with Crippen LogP contribution in [0.1, 0.15) is 26.2 Å². The number of ether oxygens (including phenoxy) is 1. The van der Waals surface area contributed by atoms with Crippen LogP contribution in [-0.2, 0) is 4.79 Å². The van der Waals surface area contributed by atoms with Crippen molar-refractivity contribution >= 4 is 18.3 Å². The van der Waals surface area contributed by atoms with Crippen molar-refractivity contribution in [3.8, 4) is 5.75 Å². The summed E-state index contributed by atoms with van der Waals surface area (Å²) in [5.74, 6) is 1.11. The summed E-state index contributed by atoms with van der Waals surface area (Å²) < 4.78 is 5.67. The molecule has 1 aliphatic rings. The highest BCUT2D eigenvalue weighted by Gasteiger charge is 2.25. The number of piperidine rings is 1. The molecule has 1 heterocycles. The number of carbonyl (C=O) groups is 1. The molecular weight excluding hydrogens is 300 g/mol. The van der Waals surface area contributed by atoms with Gasteiger partial charge in [0.15, 0.2) is 0 Å². The first-order valence-electron chi connectivity index (χ1n) is 7.83. The minimum atomic E-state index is 0. The maximum absolute atomic E-state index is 12.4. The van der Waals surface area contributed by atoms with Gasteiger partial charge in [-0.05, 0) is 44.5 Å². The number of nitrogens with zero attached hydrogens (tertiary/aromatic N) is 1. The smallest absolute Gasteiger partial charge is 0.225 e. The van der Waals surface area contributed by atoms with Gasteiger partial charge in [0.05, 0.1) is 6.61 Å². The second-order valence-corrected chi connectivity index (χ2v) is 5.78. The van der Waals surface area contributed by atoms with E-state index < -0.39 is 0 Å². The normalized spacial score (nSPS) is 16.5. The van der Waals surface area contributed by atoms with E-state index in [1.165, 1.54) is 0 Å². The average Bonchev–Trinajstić information content (AvgIpc) is 2.55. The fourth-order valence-corrected chi connectivity index (χ4v) is 2.72. The fraction of sp³-hybridized carbons (Fsp3) is 0.588. The Balaban J connectivity index is 0.00000242. The number of carbonyl (C=O) groups excluding carboxylic acids is 1. The minimum Gasteiger partial charge on any atom is -0.494 e. The van der Waals surface area contributed by atoms with Crippen molar-refractivity contribution in [2.45, 2.75) is 32.2 Å². The lowest BCUT2D eigenvalue weighted by Gasteiger charge is -2.33. The van der Waals surface area contributed by atoms with Gasteiger partial charge in [-0.15, -0.1) is 12.4 Å². The van der Waals surface area contributed by atoms with Gasteiger partial charge in [-0.25, -0.2) is 0 Å². The molecule has 1 aromatic rings. The first kappa shape index (κ1) is 18.8. The SMILES string of the molecule is CC(CCOc1ccccc1)C(=O)N(C)C1CCNCC1.Cl. The highest BCUT2D eigenvalue weighted by Crippen LogP contribution is 2.16. The molecule has 1 amide bonds. The number of amides is 1. The summed E-state index contributed by atoms with van der Waals surface area (Å²) in [5, 5.41) is 3.33. The second-order valence-electron chi connectivity index (χ2n) is 5.78. The minimum absolute atomic E-state index is 0. The van der Waals surface area contributed by atoms with E-state index in [1.807, 2.05) is 49.2 Å². The van der Waals surface area contributed by atoms with E-state index in [4.69, 9.17) is 4.74 Å². The number of nitrogens with one attached hydrogen (secondary N) is 1. The van der Waals surface area contributed by atoms with E-state index in [-0.39, 0.29) is 24.2 Å². The van der Waals surface area contributed by atoms with Crippen LogP contribution in [0.25, 0.3) is 0 Å². The van der Waals surface area contributed by atoms with Crippen LogP contribution in [0, 0.1) is 5.92 Å². The van der Waals surface area contributed by atoms with Gasteiger partial charge in [-0.3, -0.25) is 4.79 Å². The van der Waals surface area contributed by atoms with Gasteiger partial charge in [0, 0.05) is 19.0 Å². The predicted molar refractivity (Wildman–Crippen MR) is 91.6 cm³/mol. The molecule has 0 aliphatic carbocycles. The van der Waals surface area contributed by atoms with Crippen LogP contribution >= 0.6 is 12.4 Å². The Hall–Kier alpha value is -1.26. The van der Waals surface area contributed by atoms with Gasteiger partial charge in [-0.2, -0.15) is 0 Å². The summed E-state index contributed by atoms with van der Waals surface area (Å²) in [6.45, 7) is 4.59. The zero-order chi connectivity index (χ0) is 15.1. The van der Waals surface area contributed by atoms with E-state index in [2.05, 4.69) is 5.32 Å². The standard InChI is InChI=1S/C17H26N2O2.ClH/c1-14(10-13-21-16-6-4-3-5-7-16)17(20)19(2)15-8-11-18-12-9-15;/h3-7,14-15,18H,8-13H2,1-2H3;1H. The summed E-state index contributed by atoms with van der Waals surface area (Å²) in [6, 6.07) is 10.1. The molecule has 0 saturated carbocycles. The number of benzene rings is 1. The summed E-state index contributed by atoms with van der Waals surface area (Å²) in [4.78, 5) is 14.4. The fourth-order valence-electron chi connectivity index (χ4n) is 2.72. The molecule has 0 radical (unpaired) electrons. The van der Waals surface area contributed by atoms with Gasteiger partial charge in [-0.1, -0.05) is 25.1 Å². The Morgan fingerprint density at radius 2 is 1.95 bits per heavy atom. The molecule has 1 N–H and O–H groups in total. The van der Waals surface area contributed by atoms with E-state index in [0.29, 0.717) is 12.6 Å². The van der Waals surface area contributed by atoms with Gasteiger partial charge < -0.3 is 15.0 Å². The molecule has 4 nitrogen and oxygen atoms in total. The third-order valence-corrected chi connectivity index (χ3v) is 4.19. The van der Waals surface area contributed by atoms with Crippen molar-refractivity contribution < 1.29 is 9.53 Å². The zero-order valence-corrected chi connectivity index (χ0v) is 14.3. The van der Waals surface area contributed by atoms with Crippen molar-refractivity contribution in [1.29, 1.82) is 0 Å². The molecule has 1 fully saturated rings. The molecule has 0 aromatic heterocycles. The first-order valence-corrected chi connectivity index (χ1v) is 7.83. The summed E-state index contributed by atoms with van der Waals surface area (Å²) in [7, 11) is 1.94. The summed E-state index contributed by atoms with van der Waals surface area (Å²) >= 11 is 0. The quantitative estimate of drug-likeness (QED) is 0.874. The van der Waals surface area contributed by atoms with Crippen molar-refractivity contribution in [2.75, 3.05) is 26.7 Å². The molecule has 1 unspecified atom stereocenters. The lowest BCUT2D eigenvalue weighted by Crippen LogP contribution is -2.45. The van der Waals surface area contributed by atoms with Crippen LogP contribution in [-0.4, -0.2) is 43.6 Å². The summed E-state index contributed by atoms with van der Waals surface area (Å²) in [5.41, 5.74) is 0. The number of rotatable bonds is 6. The van der Waals surface area contributed by atoms with E-state index >= 15 is 0 Å². The van der Waals surface area contributed by atoms with Gasteiger partial charge in [0.25, 0.3) is 0 Å². The molecule has 5 heteroatoms. The number of hydrogen-bond donors (Lipinski definition) is 1. The highest BCUT2D eigenvalue weighted by atomic mass is 35.5. The third kappa shape index (κ3) is 5.50. The first-order chi connectivity index (χ1) is 10.2. The average molecular weight is 327 g/mol. The van der Waals surface area contributed by atoms with Gasteiger partial charge in [0.1, 0.15) is 5.75 Å². The van der Waals surface area contributed by atoms with Crippen molar-refractivity contribution in [3.63, 3.8) is 0 Å². The largest absolute Gasteiger partial charge is 0.494 e. The molecule has 1 saturated heterocycles. The van der Waals surface area contributed by atoms with Gasteiger partial charge in [0.2, 0.25) is 5.91 Å². The maximum atomic E-state index is 12.4. The highest BCUT2D eigenvalue weighted by molar-refractivity contribution is 5.85. The van der Waals surface area contributed by atoms with E-state index in [9.17, 15) is 4.79 Å². The number of para-hydroxylation sites is 1. The molecule has 22 heavy (non-hydrogen) atoms. The van der Waals surface area contributed by atoms with Crippen LogP contribution in [0.2, 0.25) is 0 Å². The monoisotopic (exact) mass is 326 g/mol. The molecule has 124 valence electrons. The second kappa shape index (κ2) is 9.70. The predicted octanol–water partition coefficient (Wildman–Crippen LogP) is 2.72. The molecule has 0 spiro atoms. The van der Waals surface area contributed by atoms with Crippen LogP contribution in [0.5, 0.6) is 5.75 Å². The summed E-state index contributed by atoms with van der Waals surface area (Å²) in [6.07, 6.45) is 2.86. The van der Waals surface area contributed by atoms with Crippen LogP contribution in [0.3, 0.4) is 0 Å². The molecule has 1 aliphatic heterocycles. The zero-order valence-electron chi connectivity index (χ0n) is 13.5. The Morgan fingerprint density at radius 1 is 1.32 bits per heavy atom. The Morgan fingerprint density at radius 3 is 2.59 bits per heavy atom. The van der Waals surface area contributed by atoms with Crippen molar-refractivity contribution in [3.05, 3.63) is 30.3 Å². The number of hydrogen-bond acceptors (Lipinski definition) is 3. The maximum Gasteiger partial charge on any atom is 0.225 e. The topological polar surface area (TPSA) is 41.6 Å².